The van der Waals surface area contributed by atoms with Crippen LogP contribution in [0.2, 0.25) is 5.32 Å². The van der Waals surface area contributed by atoms with Gasteiger partial charge in [0.15, 0.2) is 0 Å². The zero-order valence-corrected chi connectivity index (χ0v) is 8.98. The maximum absolute atomic E-state index is 11.3. The standard InChI is InChI=1S/C10H12O2Se/c11-6-7-13-10(12)8-9-4-2-1-3-5-9/h1-5,11H,6-8H2. The molecule has 1 rings (SSSR count). The van der Waals surface area contributed by atoms with Crippen molar-refractivity contribution in [1.29, 1.82) is 0 Å². The van der Waals surface area contributed by atoms with Crippen LogP contribution in [-0.2, 0) is 11.2 Å². The second-order valence-electron chi connectivity index (χ2n) is 2.61. The molecule has 0 aliphatic heterocycles. The summed E-state index contributed by atoms with van der Waals surface area (Å²) in [5, 5.41) is 9.18. The SMILES string of the molecule is O=C(Cc1ccccc1)[Se]CCO. The molecule has 70 valence electrons. The van der Waals surface area contributed by atoms with Gasteiger partial charge in [-0.3, -0.25) is 0 Å². The van der Waals surface area contributed by atoms with Crippen molar-refractivity contribution in [2.45, 2.75) is 11.7 Å². The van der Waals surface area contributed by atoms with Gasteiger partial charge in [0, 0.05) is 0 Å². The molecule has 0 unspecified atom stereocenters. The third-order valence-electron chi connectivity index (χ3n) is 1.55. The molecule has 0 fully saturated rings. The Kier molecular flexibility index (Phi) is 4.76. The summed E-state index contributed by atoms with van der Waals surface area (Å²) in [5.41, 5.74) is 1.06. The fourth-order valence-corrected chi connectivity index (χ4v) is 2.21. The van der Waals surface area contributed by atoms with E-state index in [2.05, 4.69) is 0 Å². The van der Waals surface area contributed by atoms with Crippen LogP contribution >= 0.6 is 0 Å². The van der Waals surface area contributed by atoms with E-state index in [-0.39, 0.29) is 26.2 Å². The molecule has 3 heteroatoms. The molecule has 0 atom stereocenters. The molecule has 0 saturated heterocycles. The van der Waals surface area contributed by atoms with Crippen molar-refractivity contribution in [2.75, 3.05) is 6.61 Å². The molecule has 0 radical (unpaired) electrons. The van der Waals surface area contributed by atoms with Gasteiger partial charge in [-0.1, -0.05) is 0 Å². The van der Waals surface area contributed by atoms with Crippen molar-refractivity contribution >= 4 is 19.6 Å². The molecule has 0 heterocycles. The average molecular weight is 243 g/mol. The first-order chi connectivity index (χ1) is 6.33. The van der Waals surface area contributed by atoms with Crippen LogP contribution in [0.25, 0.3) is 0 Å². The Bertz CT molecular complexity index is 259. The maximum atomic E-state index is 11.3. The second kappa shape index (κ2) is 5.92. The molecule has 1 N–H and O–H groups in total. The first-order valence-corrected chi connectivity index (χ1v) is 6.20. The summed E-state index contributed by atoms with van der Waals surface area (Å²) >= 11 is -0.0510. The summed E-state index contributed by atoms with van der Waals surface area (Å²) in [4.78, 5) is 11.3. The Morgan fingerprint density at radius 2 is 2.00 bits per heavy atom. The molecule has 0 aliphatic rings. The first kappa shape index (κ1) is 10.5. The number of carbonyl (C=O) groups is 1. The van der Waals surface area contributed by atoms with Crippen LogP contribution in [0.3, 0.4) is 0 Å². The van der Waals surface area contributed by atoms with Crippen molar-refractivity contribution in [3.63, 3.8) is 0 Å². The zero-order valence-electron chi connectivity index (χ0n) is 7.27. The Morgan fingerprint density at radius 1 is 1.31 bits per heavy atom. The second-order valence-corrected chi connectivity index (χ2v) is 5.02. The minimum atomic E-state index is -0.0510. The van der Waals surface area contributed by atoms with Crippen molar-refractivity contribution in [2.24, 2.45) is 0 Å². The van der Waals surface area contributed by atoms with E-state index in [1.807, 2.05) is 30.3 Å². The molecule has 0 bridgehead atoms. The Hall–Kier alpha value is -0.631. The molecule has 0 spiro atoms. The van der Waals surface area contributed by atoms with E-state index in [1.54, 1.807) is 0 Å². The van der Waals surface area contributed by atoms with E-state index < -0.39 is 0 Å². The fourth-order valence-electron chi connectivity index (χ4n) is 0.973. The summed E-state index contributed by atoms with van der Waals surface area (Å²) in [5.74, 6) is 0. The van der Waals surface area contributed by atoms with E-state index >= 15 is 0 Å². The Morgan fingerprint density at radius 3 is 2.62 bits per heavy atom. The first-order valence-electron chi connectivity index (χ1n) is 4.13. The molecule has 0 aliphatic carbocycles. The molecular formula is C10H12O2Se. The van der Waals surface area contributed by atoms with Gasteiger partial charge < -0.3 is 0 Å². The van der Waals surface area contributed by atoms with Crippen LogP contribution in [0.15, 0.2) is 30.3 Å². The summed E-state index contributed by atoms with van der Waals surface area (Å²) in [6.45, 7) is 0.126. The average Bonchev–Trinajstić information content (AvgIpc) is 2.16. The van der Waals surface area contributed by atoms with Crippen LogP contribution in [0.4, 0.5) is 0 Å². The van der Waals surface area contributed by atoms with Gasteiger partial charge in [-0.2, -0.15) is 0 Å². The number of aliphatic hydroxyl groups is 1. The summed E-state index contributed by atoms with van der Waals surface area (Å²) in [6, 6.07) is 9.70. The Labute approximate surface area is 84.1 Å². The van der Waals surface area contributed by atoms with Gasteiger partial charge in [0.05, 0.1) is 0 Å². The third kappa shape index (κ3) is 4.23. The molecule has 0 amide bonds. The topological polar surface area (TPSA) is 37.3 Å². The van der Waals surface area contributed by atoms with Crippen LogP contribution in [-0.4, -0.2) is 31.4 Å². The van der Waals surface area contributed by atoms with Crippen molar-refractivity contribution < 1.29 is 9.90 Å². The number of aliphatic hydroxyl groups excluding tert-OH is 1. The number of hydrogen-bond acceptors (Lipinski definition) is 2. The third-order valence-corrected chi connectivity index (χ3v) is 3.34. The molecular weight excluding hydrogens is 231 g/mol. The summed E-state index contributed by atoms with van der Waals surface area (Å²) in [6.07, 6.45) is 0.515. The van der Waals surface area contributed by atoms with Gasteiger partial charge in [0.1, 0.15) is 0 Å². The van der Waals surface area contributed by atoms with Crippen molar-refractivity contribution in [3.8, 4) is 0 Å². The summed E-state index contributed by atoms with van der Waals surface area (Å²) in [7, 11) is 0. The number of hydrogen-bond donors (Lipinski definition) is 1. The molecule has 13 heavy (non-hydrogen) atoms. The van der Waals surface area contributed by atoms with Gasteiger partial charge in [0.2, 0.25) is 0 Å². The minimum absolute atomic E-state index is 0.0510. The van der Waals surface area contributed by atoms with Gasteiger partial charge in [-0.15, -0.1) is 0 Å². The predicted octanol–water partition coefficient (Wildman–Crippen LogP) is 0.870. The van der Waals surface area contributed by atoms with Gasteiger partial charge in [0.25, 0.3) is 0 Å². The van der Waals surface area contributed by atoms with E-state index in [4.69, 9.17) is 5.11 Å². The van der Waals surface area contributed by atoms with E-state index in [0.717, 1.165) is 5.56 Å². The van der Waals surface area contributed by atoms with Crippen molar-refractivity contribution in [1.82, 2.24) is 0 Å². The van der Waals surface area contributed by atoms with Crippen LogP contribution in [0, 0.1) is 0 Å². The molecule has 2 nitrogen and oxygen atoms in total. The predicted molar refractivity (Wildman–Crippen MR) is 52.8 cm³/mol. The molecule has 1 aromatic rings. The molecule has 0 saturated carbocycles. The molecule has 1 aromatic carbocycles. The Balaban J connectivity index is 2.37. The van der Waals surface area contributed by atoms with Gasteiger partial charge in [-0.05, 0) is 0 Å². The fraction of sp³-hybridized carbons (Fsp3) is 0.300. The van der Waals surface area contributed by atoms with E-state index in [0.29, 0.717) is 11.7 Å². The monoisotopic (exact) mass is 244 g/mol. The van der Waals surface area contributed by atoms with Crippen LogP contribution in [0.1, 0.15) is 5.56 Å². The zero-order chi connectivity index (χ0) is 9.52. The number of carbonyl (C=O) groups excluding carboxylic acids is 1. The normalized spacial score (nSPS) is 9.92. The summed E-state index contributed by atoms with van der Waals surface area (Å²) < 4.78 is 0.257. The number of rotatable bonds is 5. The number of benzene rings is 1. The van der Waals surface area contributed by atoms with E-state index in [9.17, 15) is 4.79 Å². The molecule has 0 aromatic heterocycles. The van der Waals surface area contributed by atoms with Crippen LogP contribution in [0.5, 0.6) is 0 Å². The van der Waals surface area contributed by atoms with Gasteiger partial charge >= 0.3 is 83.8 Å². The quantitative estimate of drug-likeness (QED) is 0.779. The van der Waals surface area contributed by atoms with Crippen molar-refractivity contribution in [3.05, 3.63) is 35.9 Å². The van der Waals surface area contributed by atoms with E-state index in [1.165, 1.54) is 0 Å². The van der Waals surface area contributed by atoms with Crippen LogP contribution < -0.4 is 0 Å². The van der Waals surface area contributed by atoms with Gasteiger partial charge in [-0.25, -0.2) is 0 Å².